The molecule has 0 fully saturated rings. The van der Waals surface area contributed by atoms with E-state index in [1.165, 1.54) is 22.6 Å². The topological polar surface area (TPSA) is 8.81 Å². The standard InChI is InChI=1S/C17H17N2/c1-14-18(2)12-13-19(14)17-10-8-16(9-11-17)15-6-4-3-5-7-15/h3-13H,1-2H3/q+1. The molecule has 2 aromatic carbocycles. The molecule has 0 amide bonds. The van der Waals surface area contributed by atoms with Gasteiger partial charge in [-0.2, -0.15) is 0 Å². The Morgan fingerprint density at radius 1 is 0.842 bits per heavy atom. The maximum atomic E-state index is 2.19. The highest BCUT2D eigenvalue weighted by atomic mass is 15.1. The van der Waals surface area contributed by atoms with Crippen LogP contribution in [0.1, 0.15) is 5.82 Å². The van der Waals surface area contributed by atoms with Crippen molar-refractivity contribution in [3.05, 3.63) is 72.8 Å². The first kappa shape index (κ1) is 11.7. The summed E-state index contributed by atoms with van der Waals surface area (Å²) >= 11 is 0. The lowest BCUT2D eigenvalue weighted by atomic mass is 10.1. The summed E-state index contributed by atoms with van der Waals surface area (Å²) < 4.78 is 4.31. The van der Waals surface area contributed by atoms with E-state index in [4.69, 9.17) is 0 Å². The summed E-state index contributed by atoms with van der Waals surface area (Å²) in [4.78, 5) is 0. The van der Waals surface area contributed by atoms with Crippen LogP contribution < -0.4 is 4.57 Å². The third-order valence-corrected chi connectivity index (χ3v) is 3.55. The van der Waals surface area contributed by atoms with Gasteiger partial charge in [0.05, 0.1) is 7.05 Å². The molecular weight excluding hydrogens is 232 g/mol. The van der Waals surface area contributed by atoms with Crippen molar-refractivity contribution in [2.24, 2.45) is 7.05 Å². The molecule has 0 N–H and O–H groups in total. The molecule has 0 atom stereocenters. The van der Waals surface area contributed by atoms with Gasteiger partial charge in [-0.1, -0.05) is 42.5 Å². The fourth-order valence-electron chi connectivity index (χ4n) is 2.27. The van der Waals surface area contributed by atoms with Crippen LogP contribution in [0.4, 0.5) is 0 Å². The minimum absolute atomic E-state index is 1.19. The van der Waals surface area contributed by atoms with E-state index in [0.717, 1.165) is 0 Å². The van der Waals surface area contributed by atoms with E-state index < -0.39 is 0 Å². The predicted octanol–water partition coefficient (Wildman–Crippen LogP) is 3.28. The van der Waals surface area contributed by atoms with Gasteiger partial charge in [-0.3, -0.25) is 0 Å². The van der Waals surface area contributed by atoms with Gasteiger partial charge in [0.15, 0.2) is 0 Å². The molecule has 94 valence electrons. The van der Waals surface area contributed by atoms with Gasteiger partial charge >= 0.3 is 0 Å². The van der Waals surface area contributed by atoms with E-state index in [1.54, 1.807) is 0 Å². The van der Waals surface area contributed by atoms with E-state index in [9.17, 15) is 0 Å². The van der Waals surface area contributed by atoms with Crippen molar-refractivity contribution in [1.29, 1.82) is 0 Å². The smallest absolute Gasteiger partial charge is 0.237 e. The van der Waals surface area contributed by atoms with Crippen LogP contribution in [-0.2, 0) is 7.05 Å². The minimum Gasteiger partial charge on any atom is -0.237 e. The maximum Gasteiger partial charge on any atom is 0.258 e. The number of imidazole rings is 1. The van der Waals surface area contributed by atoms with E-state index in [2.05, 4.69) is 84.0 Å². The molecule has 0 aliphatic rings. The van der Waals surface area contributed by atoms with Gasteiger partial charge in [-0.15, -0.1) is 0 Å². The number of benzene rings is 2. The lowest BCUT2D eigenvalue weighted by molar-refractivity contribution is -0.677. The first-order valence-corrected chi connectivity index (χ1v) is 6.45. The van der Waals surface area contributed by atoms with E-state index in [1.807, 2.05) is 6.07 Å². The van der Waals surface area contributed by atoms with Crippen molar-refractivity contribution in [1.82, 2.24) is 4.57 Å². The molecule has 19 heavy (non-hydrogen) atoms. The molecule has 0 saturated heterocycles. The average molecular weight is 249 g/mol. The highest BCUT2D eigenvalue weighted by Gasteiger charge is 2.10. The Balaban J connectivity index is 1.98. The van der Waals surface area contributed by atoms with Gasteiger partial charge in [-0.25, -0.2) is 9.13 Å². The molecule has 3 aromatic rings. The highest BCUT2D eigenvalue weighted by Crippen LogP contribution is 2.20. The maximum absolute atomic E-state index is 2.19. The second kappa shape index (κ2) is 4.73. The summed E-state index contributed by atoms with van der Waals surface area (Å²) in [5.41, 5.74) is 3.69. The van der Waals surface area contributed by atoms with E-state index in [-0.39, 0.29) is 0 Å². The summed E-state index contributed by atoms with van der Waals surface area (Å²) in [7, 11) is 2.06. The average Bonchev–Trinajstić information content (AvgIpc) is 2.80. The van der Waals surface area contributed by atoms with Crippen molar-refractivity contribution >= 4 is 0 Å². The first-order valence-electron chi connectivity index (χ1n) is 6.45. The number of nitrogens with zero attached hydrogens (tertiary/aromatic N) is 2. The van der Waals surface area contributed by atoms with Crippen LogP contribution in [0.15, 0.2) is 67.0 Å². The van der Waals surface area contributed by atoms with Crippen LogP contribution in [0.2, 0.25) is 0 Å². The van der Waals surface area contributed by atoms with Crippen LogP contribution in [-0.4, -0.2) is 4.57 Å². The Bertz CT molecular complexity index is 679. The molecule has 2 heteroatoms. The molecule has 0 aliphatic heterocycles. The molecular formula is C17H17N2+. The van der Waals surface area contributed by atoms with Gasteiger partial charge in [0, 0.05) is 6.92 Å². The molecule has 0 radical (unpaired) electrons. The van der Waals surface area contributed by atoms with Gasteiger partial charge in [-0.05, 0) is 23.3 Å². The summed E-state index contributed by atoms with van der Waals surface area (Å²) in [6.45, 7) is 2.12. The third kappa shape index (κ3) is 2.17. The number of aryl methyl sites for hydroxylation is 1. The Hall–Kier alpha value is -2.35. The van der Waals surface area contributed by atoms with Crippen molar-refractivity contribution in [3.63, 3.8) is 0 Å². The van der Waals surface area contributed by atoms with Crippen LogP contribution in [0.5, 0.6) is 0 Å². The Labute approximate surface area is 113 Å². The quantitative estimate of drug-likeness (QED) is 0.616. The van der Waals surface area contributed by atoms with Crippen molar-refractivity contribution in [2.45, 2.75) is 6.92 Å². The Morgan fingerprint density at radius 2 is 1.47 bits per heavy atom. The van der Waals surface area contributed by atoms with Crippen molar-refractivity contribution < 1.29 is 4.57 Å². The van der Waals surface area contributed by atoms with Gasteiger partial charge < -0.3 is 0 Å². The van der Waals surface area contributed by atoms with Crippen LogP contribution in [0.25, 0.3) is 16.8 Å². The number of hydrogen-bond donors (Lipinski definition) is 0. The fraction of sp³-hybridized carbons (Fsp3) is 0.118. The Morgan fingerprint density at radius 3 is 2.05 bits per heavy atom. The number of aromatic nitrogens is 2. The molecule has 0 unspecified atom stereocenters. The zero-order valence-corrected chi connectivity index (χ0v) is 11.2. The monoisotopic (exact) mass is 249 g/mol. The van der Waals surface area contributed by atoms with E-state index in [0.29, 0.717) is 0 Å². The lowest BCUT2D eigenvalue weighted by Crippen LogP contribution is -2.29. The zero-order valence-electron chi connectivity index (χ0n) is 11.2. The lowest BCUT2D eigenvalue weighted by Gasteiger charge is -2.03. The second-order valence-corrected chi connectivity index (χ2v) is 4.74. The zero-order chi connectivity index (χ0) is 13.2. The molecule has 0 aliphatic carbocycles. The largest absolute Gasteiger partial charge is 0.258 e. The third-order valence-electron chi connectivity index (χ3n) is 3.55. The molecule has 0 spiro atoms. The highest BCUT2D eigenvalue weighted by molar-refractivity contribution is 5.64. The van der Waals surface area contributed by atoms with Gasteiger partial charge in [0.25, 0.3) is 5.82 Å². The van der Waals surface area contributed by atoms with Gasteiger partial charge in [0.1, 0.15) is 18.1 Å². The molecule has 3 rings (SSSR count). The fourth-order valence-corrected chi connectivity index (χ4v) is 2.27. The molecule has 1 aromatic heterocycles. The van der Waals surface area contributed by atoms with Crippen molar-refractivity contribution in [3.8, 4) is 16.8 Å². The molecule has 1 heterocycles. The predicted molar refractivity (Wildman–Crippen MR) is 77.1 cm³/mol. The van der Waals surface area contributed by atoms with Crippen molar-refractivity contribution in [2.75, 3.05) is 0 Å². The van der Waals surface area contributed by atoms with Crippen LogP contribution in [0, 0.1) is 6.92 Å². The summed E-state index contributed by atoms with van der Waals surface area (Å²) in [6, 6.07) is 19.1. The van der Waals surface area contributed by atoms with Gasteiger partial charge in [0.2, 0.25) is 0 Å². The summed E-state index contributed by atoms with van der Waals surface area (Å²) in [5.74, 6) is 1.22. The number of rotatable bonds is 2. The Kier molecular flexibility index (Phi) is 2.92. The minimum atomic E-state index is 1.19. The van der Waals surface area contributed by atoms with Crippen LogP contribution in [0.3, 0.4) is 0 Å². The normalized spacial score (nSPS) is 10.6. The summed E-state index contributed by atoms with van der Waals surface area (Å²) in [5, 5.41) is 0. The second-order valence-electron chi connectivity index (χ2n) is 4.74. The molecule has 0 bridgehead atoms. The van der Waals surface area contributed by atoms with Crippen LogP contribution >= 0.6 is 0 Å². The van der Waals surface area contributed by atoms with E-state index >= 15 is 0 Å². The SMILES string of the molecule is Cc1n(-c2ccc(-c3ccccc3)cc2)cc[n+]1C. The number of hydrogen-bond acceptors (Lipinski definition) is 0. The first-order chi connectivity index (χ1) is 9.25. The summed E-state index contributed by atoms with van der Waals surface area (Å²) in [6.07, 6.45) is 4.16. The molecule has 2 nitrogen and oxygen atoms in total. The molecule has 0 saturated carbocycles.